The summed E-state index contributed by atoms with van der Waals surface area (Å²) in [5.74, 6) is 2.56. The first-order valence-corrected chi connectivity index (χ1v) is 12.2. The number of nitrogens with two attached hydrogens (primary N) is 2. The number of hydrogen-bond donors (Lipinski definition) is 4. The van der Waals surface area contributed by atoms with Crippen LogP contribution in [0, 0.1) is 0 Å². The van der Waals surface area contributed by atoms with Crippen LogP contribution < -0.4 is 31.6 Å². The van der Waals surface area contributed by atoms with Crippen LogP contribution in [0.3, 0.4) is 0 Å². The van der Waals surface area contributed by atoms with Crippen molar-refractivity contribution < 1.29 is 9.47 Å². The summed E-state index contributed by atoms with van der Waals surface area (Å²) in [5, 5.41) is 7.03. The van der Waals surface area contributed by atoms with Crippen LogP contribution in [0.4, 0.5) is 11.4 Å². The highest BCUT2D eigenvalue weighted by Crippen LogP contribution is 2.33. The van der Waals surface area contributed by atoms with Crippen LogP contribution in [-0.2, 0) is 26.2 Å². The Morgan fingerprint density at radius 1 is 0.615 bits per heavy atom. The van der Waals surface area contributed by atoms with Crippen molar-refractivity contribution in [2.45, 2.75) is 52.2 Å². The van der Waals surface area contributed by atoms with Gasteiger partial charge in [-0.15, -0.1) is 37.2 Å². The lowest BCUT2D eigenvalue weighted by molar-refractivity contribution is 0.281. The van der Waals surface area contributed by atoms with Crippen molar-refractivity contribution in [3.05, 3.63) is 82.9 Å². The number of ether oxygens (including phenoxy) is 2. The van der Waals surface area contributed by atoms with Gasteiger partial charge in [0, 0.05) is 26.2 Å². The molecular weight excluding hydrogens is 559 g/mol. The van der Waals surface area contributed by atoms with Gasteiger partial charge in [-0.3, -0.25) is 0 Å². The van der Waals surface area contributed by atoms with E-state index in [1.807, 2.05) is 38.1 Å². The quantitative estimate of drug-likeness (QED) is 0.290. The van der Waals surface area contributed by atoms with Crippen molar-refractivity contribution in [1.29, 1.82) is 0 Å². The predicted octanol–water partition coefficient (Wildman–Crippen LogP) is 5.07. The van der Waals surface area contributed by atoms with Crippen molar-refractivity contribution in [2.24, 2.45) is 21.5 Å². The average Bonchev–Trinajstić information content (AvgIpc) is 2.86. The second-order valence-corrected chi connectivity index (χ2v) is 9.22. The molecule has 0 radical (unpaired) electrons. The fourth-order valence-electron chi connectivity index (χ4n) is 4.23. The van der Waals surface area contributed by atoms with Gasteiger partial charge in [0.15, 0.2) is 12.2 Å². The lowest BCUT2D eigenvalue weighted by Crippen LogP contribution is -2.33. The topological polar surface area (TPSA) is 119 Å². The minimum Gasteiger partial charge on any atom is -0.481 e. The fraction of sp³-hybridized carbons (Fsp3) is 0.286. The maximum atomic E-state index is 5.93. The minimum atomic E-state index is -0.187. The number of aliphatic imine (C=N–C) groups is 2. The summed E-state index contributed by atoms with van der Waals surface area (Å²) < 4.78 is 11.6. The SMILES string of the molecule is CC1Oc2ccc(CNCc3cccc(CNCc4ccc5c(c4)N=C(N)C(C)O5)c3)cc2N=C1N.Cl.Cl.Cl. The van der Waals surface area contributed by atoms with E-state index in [4.69, 9.17) is 20.9 Å². The van der Waals surface area contributed by atoms with Crippen molar-refractivity contribution in [3.63, 3.8) is 0 Å². The number of fused-ring (bicyclic) bond motifs is 2. The van der Waals surface area contributed by atoms with Gasteiger partial charge in [0.25, 0.3) is 0 Å². The molecule has 2 aliphatic rings. The van der Waals surface area contributed by atoms with Crippen molar-refractivity contribution in [1.82, 2.24) is 10.6 Å². The Labute approximate surface area is 247 Å². The molecule has 5 rings (SSSR count). The molecule has 39 heavy (non-hydrogen) atoms. The maximum Gasteiger partial charge on any atom is 0.153 e. The van der Waals surface area contributed by atoms with Gasteiger partial charge in [-0.1, -0.05) is 36.4 Å². The normalized spacial score (nSPS) is 16.9. The molecule has 0 bridgehead atoms. The molecule has 3 aromatic rings. The average molecular weight is 594 g/mol. The molecule has 11 heteroatoms. The highest BCUT2D eigenvalue weighted by molar-refractivity contribution is 5.90. The second-order valence-electron chi connectivity index (χ2n) is 9.22. The Morgan fingerprint density at radius 2 is 1.00 bits per heavy atom. The standard InChI is InChI=1S/C28H32N6O2.3ClH/c1-17-27(29)33-23-11-21(6-8-25(23)35-17)15-31-13-19-4-3-5-20(10-19)14-32-16-22-7-9-26-24(12-22)34-28(30)18(2)36-26;;;/h3-12,17-18,31-32H,13-16H2,1-2H3,(H2,29,33)(H2,30,34);3*1H. The van der Waals surface area contributed by atoms with Gasteiger partial charge >= 0.3 is 0 Å². The third-order valence-electron chi connectivity index (χ3n) is 6.29. The summed E-state index contributed by atoms with van der Waals surface area (Å²) in [6, 6.07) is 20.7. The van der Waals surface area contributed by atoms with Gasteiger partial charge in [-0.05, 0) is 60.4 Å². The van der Waals surface area contributed by atoms with Gasteiger partial charge in [0.05, 0.1) is 0 Å². The summed E-state index contributed by atoms with van der Waals surface area (Å²) in [7, 11) is 0. The molecule has 3 aromatic carbocycles. The molecule has 0 fully saturated rings. The summed E-state index contributed by atoms with van der Waals surface area (Å²) in [4.78, 5) is 8.92. The number of benzene rings is 3. The molecule has 0 spiro atoms. The Balaban J connectivity index is 0.00000178. The Bertz CT molecular complexity index is 1240. The van der Waals surface area contributed by atoms with Crippen LogP contribution in [0.1, 0.15) is 36.1 Å². The lowest BCUT2D eigenvalue weighted by Gasteiger charge is -2.21. The number of nitrogens with one attached hydrogen (secondary N) is 2. The monoisotopic (exact) mass is 592 g/mol. The van der Waals surface area contributed by atoms with E-state index in [0.717, 1.165) is 60.2 Å². The van der Waals surface area contributed by atoms with E-state index in [-0.39, 0.29) is 49.4 Å². The number of halogens is 3. The van der Waals surface area contributed by atoms with Crippen LogP contribution in [0.5, 0.6) is 11.5 Å². The number of amidine groups is 2. The van der Waals surface area contributed by atoms with E-state index in [2.05, 4.69) is 57.0 Å². The predicted molar refractivity (Wildman–Crippen MR) is 165 cm³/mol. The van der Waals surface area contributed by atoms with Gasteiger partial charge in [-0.25, -0.2) is 9.98 Å². The van der Waals surface area contributed by atoms with Crippen LogP contribution in [0.15, 0.2) is 70.6 Å². The number of rotatable bonds is 8. The van der Waals surface area contributed by atoms with Gasteiger partial charge in [0.1, 0.15) is 34.5 Å². The van der Waals surface area contributed by atoms with E-state index in [1.165, 1.54) is 11.1 Å². The maximum absolute atomic E-state index is 5.93. The van der Waals surface area contributed by atoms with Crippen LogP contribution in [-0.4, -0.2) is 23.9 Å². The fourth-order valence-corrected chi connectivity index (χ4v) is 4.23. The van der Waals surface area contributed by atoms with Crippen molar-refractivity contribution in [2.75, 3.05) is 0 Å². The van der Waals surface area contributed by atoms with E-state index in [0.29, 0.717) is 11.7 Å². The molecule has 2 atom stereocenters. The molecular formula is C28H35Cl3N6O2. The van der Waals surface area contributed by atoms with Crippen LogP contribution in [0.25, 0.3) is 0 Å². The first kappa shape index (κ1) is 32.2. The van der Waals surface area contributed by atoms with E-state index in [1.54, 1.807) is 0 Å². The summed E-state index contributed by atoms with van der Waals surface area (Å²) in [6.07, 6.45) is -0.374. The third kappa shape index (κ3) is 8.00. The molecule has 0 aromatic heterocycles. The molecule has 210 valence electrons. The van der Waals surface area contributed by atoms with Crippen LogP contribution >= 0.6 is 37.2 Å². The van der Waals surface area contributed by atoms with Gasteiger partial charge < -0.3 is 31.6 Å². The summed E-state index contributed by atoms with van der Waals surface area (Å²) in [6.45, 7) is 6.80. The van der Waals surface area contributed by atoms with E-state index >= 15 is 0 Å². The second kappa shape index (κ2) is 14.4. The zero-order valence-electron chi connectivity index (χ0n) is 21.8. The zero-order chi connectivity index (χ0) is 25.1. The molecule has 8 nitrogen and oxygen atoms in total. The third-order valence-corrected chi connectivity index (χ3v) is 6.29. The minimum absolute atomic E-state index is 0. The number of hydrogen-bond acceptors (Lipinski definition) is 8. The molecule has 2 heterocycles. The lowest BCUT2D eigenvalue weighted by atomic mass is 10.1. The highest BCUT2D eigenvalue weighted by Gasteiger charge is 2.19. The van der Waals surface area contributed by atoms with Crippen LogP contribution in [0.2, 0.25) is 0 Å². The van der Waals surface area contributed by atoms with Gasteiger partial charge in [0.2, 0.25) is 0 Å². The largest absolute Gasteiger partial charge is 0.481 e. The summed E-state index contributed by atoms with van der Waals surface area (Å²) >= 11 is 0. The van der Waals surface area contributed by atoms with E-state index in [9.17, 15) is 0 Å². The Morgan fingerprint density at radius 3 is 1.41 bits per heavy atom. The molecule has 2 aliphatic heterocycles. The molecule has 2 unspecified atom stereocenters. The van der Waals surface area contributed by atoms with E-state index < -0.39 is 0 Å². The van der Waals surface area contributed by atoms with Gasteiger partial charge in [-0.2, -0.15) is 0 Å². The Kier molecular flexibility index (Phi) is 11.9. The Hall–Kier alpha value is -3.01. The smallest absolute Gasteiger partial charge is 0.153 e. The molecule has 0 aliphatic carbocycles. The molecule has 0 saturated heterocycles. The first-order valence-electron chi connectivity index (χ1n) is 12.2. The highest BCUT2D eigenvalue weighted by atomic mass is 35.5. The zero-order valence-corrected chi connectivity index (χ0v) is 24.3. The molecule has 6 N–H and O–H groups in total. The summed E-state index contributed by atoms with van der Waals surface area (Å²) in [5.41, 5.74) is 18.2. The molecule has 0 saturated carbocycles. The first-order chi connectivity index (χ1) is 17.4. The number of nitrogens with zero attached hydrogens (tertiary/aromatic N) is 2. The molecule has 0 amide bonds. The van der Waals surface area contributed by atoms with Crippen molar-refractivity contribution >= 4 is 60.3 Å². The van der Waals surface area contributed by atoms with Crippen molar-refractivity contribution in [3.8, 4) is 11.5 Å².